The molecule has 1 rings (SSSR count). The molecule has 0 aliphatic heterocycles. The number of benzene rings is 1. The van der Waals surface area contributed by atoms with Gasteiger partial charge in [-0.1, -0.05) is 25.5 Å². The smallest absolute Gasteiger partial charge is 0.323 e. The van der Waals surface area contributed by atoms with Crippen LogP contribution in [0.3, 0.4) is 0 Å². The van der Waals surface area contributed by atoms with Gasteiger partial charge >= 0.3 is 5.97 Å². The molecule has 0 bridgehead atoms. The standard InChI is InChI=1S/C13H19NO3/c1-2-3-8-17-13(16)12(14)9-10-4-6-11(15)7-5-10/h4-7,12,15H,2-3,8-9,14H2,1H3. The van der Waals surface area contributed by atoms with Gasteiger partial charge in [0.25, 0.3) is 0 Å². The highest BCUT2D eigenvalue weighted by Crippen LogP contribution is 2.11. The minimum atomic E-state index is -0.642. The van der Waals surface area contributed by atoms with Crippen molar-refractivity contribution in [3.63, 3.8) is 0 Å². The number of nitrogens with two attached hydrogens (primary N) is 1. The number of ether oxygens (including phenoxy) is 1. The molecule has 0 spiro atoms. The van der Waals surface area contributed by atoms with E-state index in [1.807, 2.05) is 6.92 Å². The summed E-state index contributed by atoms with van der Waals surface area (Å²) in [4.78, 5) is 11.5. The molecule has 1 aromatic rings. The van der Waals surface area contributed by atoms with Crippen LogP contribution in [-0.4, -0.2) is 23.7 Å². The number of carbonyl (C=O) groups excluding carboxylic acids is 1. The summed E-state index contributed by atoms with van der Waals surface area (Å²) < 4.78 is 5.03. The highest BCUT2D eigenvalue weighted by Gasteiger charge is 2.15. The third-order valence-corrected chi connectivity index (χ3v) is 2.44. The maximum Gasteiger partial charge on any atom is 0.323 e. The van der Waals surface area contributed by atoms with Crippen molar-refractivity contribution in [1.82, 2.24) is 0 Å². The van der Waals surface area contributed by atoms with E-state index in [0.717, 1.165) is 18.4 Å². The zero-order valence-corrected chi connectivity index (χ0v) is 10.1. The molecular formula is C13H19NO3. The lowest BCUT2D eigenvalue weighted by Gasteiger charge is -2.11. The van der Waals surface area contributed by atoms with E-state index in [2.05, 4.69) is 0 Å². The van der Waals surface area contributed by atoms with Crippen LogP contribution in [0, 0.1) is 0 Å². The van der Waals surface area contributed by atoms with Crippen LogP contribution < -0.4 is 5.73 Å². The van der Waals surface area contributed by atoms with Crippen LogP contribution in [0.5, 0.6) is 5.75 Å². The number of carbonyl (C=O) groups is 1. The lowest BCUT2D eigenvalue weighted by atomic mass is 10.1. The molecule has 0 aromatic heterocycles. The van der Waals surface area contributed by atoms with Crippen molar-refractivity contribution >= 4 is 5.97 Å². The summed E-state index contributed by atoms with van der Waals surface area (Å²) in [5.74, 6) is -0.167. The Morgan fingerprint density at radius 2 is 2.06 bits per heavy atom. The summed E-state index contributed by atoms with van der Waals surface area (Å²) in [7, 11) is 0. The van der Waals surface area contributed by atoms with Crippen molar-refractivity contribution in [3.05, 3.63) is 29.8 Å². The number of hydrogen-bond acceptors (Lipinski definition) is 4. The fraction of sp³-hybridized carbons (Fsp3) is 0.462. The Balaban J connectivity index is 2.40. The van der Waals surface area contributed by atoms with E-state index in [0.29, 0.717) is 13.0 Å². The van der Waals surface area contributed by atoms with Crippen molar-refractivity contribution < 1.29 is 14.6 Å². The van der Waals surface area contributed by atoms with E-state index in [4.69, 9.17) is 15.6 Å². The number of hydrogen-bond donors (Lipinski definition) is 2. The maximum atomic E-state index is 11.5. The van der Waals surface area contributed by atoms with Crippen LogP contribution in [0.1, 0.15) is 25.3 Å². The van der Waals surface area contributed by atoms with E-state index >= 15 is 0 Å². The Morgan fingerprint density at radius 3 is 2.65 bits per heavy atom. The molecule has 1 aromatic carbocycles. The van der Waals surface area contributed by atoms with E-state index in [-0.39, 0.29) is 11.7 Å². The molecular weight excluding hydrogens is 218 g/mol. The van der Waals surface area contributed by atoms with Gasteiger partial charge in [-0.05, 0) is 30.5 Å². The number of unbranched alkanes of at least 4 members (excludes halogenated alkanes) is 1. The Hall–Kier alpha value is -1.55. The van der Waals surface area contributed by atoms with Gasteiger partial charge < -0.3 is 15.6 Å². The van der Waals surface area contributed by atoms with Gasteiger partial charge in [0.2, 0.25) is 0 Å². The number of aromatic hydroxyl groups is 1. The van der Waals surface area contributed by atoms with Crippen molar-refractivity contribution in [3.8, 4) is 5.75 Å². The Labute approximate surface area is 101 Å². The van der Waals surface area contributed by atoms with Gasteiger partial charge in [-0.3, -0.25) is 4.79 Å². The molecule has 94 valence electrons. The molecule has 0 heterocycles. The molecule has 17 heavy (non-hydrogen) atoms. The van der Waals surface area contributed by atoms with Crippen molar-refractivity contribution in [2.75, 3.05) is 6.61 Å². The zero-order valence-electron chi connectivity index (χ0n) is 10.1. The topological polar surface area (TPSA) is 72.5 Å². The third-order valence-electron chi connectivity index (χ3n) is 2.44. The van der Waals surface area contributed by atoms with Gasteiger partial charge in [0.1, 0.15) is 11.8 Å². The van der Waals surface area contributed by atoms with Gasteiger partial charge in [0.05, 0.1) is 6.61 Å². The molecule has 0 saturated heterocycles. The van der Waals surface area contributed by atoms with E-state index in [1.54, 1.807) is 24.3 Å². The molecule has 4 nitrogen and oxygen atoms in total. The summed E-state index contributed by atoms with van der Waals surface area (Å²) in [5.41, 5.74) is 6.64. The van der Waals surface area contributed by atoms with Gasteiger partial charge in [-0.15, -0.1) is 0 Å². The first-order chi connectivity index (χ1) is 8.13. The molecule has 0 fully saturated rings. The average Bonchev–Trinajstić information content (AvgIpc) is 2.32. The highest BCUT2D eigenvalue weighted by molar-refractivity contribution is 5.75. The summed E-state index contributed by atoms with van der Waals surface area (Å²) >= 11 is 0. The molecule has 0 aliphatic carbocycles. The monoisotopic (exact) mass is 237 g/mol. The van der Waals surface area contributed by atoms with E-state index in [1.165, 1.54) is 0 Å². The summed E-state index contributed by atoms with van der Waals surface area (Å²) in [6.07, 6.45) is 2.27. The van der Waals surface area contributed by atoms with Crippen LogP contribution in [0.15, 0.2) is 24.3 Å². The van der Waals surface area contributed by atoms with Gasteiger partial charge in [-0.2, -0.15) is 0 Å². The normalized spacial score (nSPS) is 12.1. The minimum Gasteiger partial charge on any atom is -0.508 e. The van der Waals surface area contributed by atoms with Crippen LogP contribution in [-0.2, 0) is 16.0 Å². The van der Waals surface area contributed by atoms with Crippen LogP contribution in [0.2, 0.25) is 0 Å². The first-order valence-corrected chi connectivity index (χ1v) is 5.83. The maximum absolute atomic E-state index is 11.5. The SMILES string of the molecule is CCCCOC(=O)C(N)Cc1ccc(O)cc1. The fourth-order valence-electron chi connectivity index (χ4n) is 1.39. The quantitative estimate of drug-likeness (QED) is 0.582. The van der Waals surface area contributed by atoms with Crippen molar-refractivity contribution in [2.24, 2.45) is 5.73 Å². The molecule has 0 saturated carbocycles. The minimum absolute atomic E-state index is 0.202. The Kier molecular flexibility index (Phi) is 5.49. The third kappa shape index (κ3) is 4.87. The van der Waals surface area contributed by atoms with Crippen LogP contribution in [0.25, 0.3) is 0 Å². The van der Waals surface area contributed by atoms with Crippen molar-refractivity contribution in [2.45, 2.75) is 32.2 Å². The predicted molar refractivity (Wildman–Crippen MR) is 65.7 cm³/mol. The predicted octanol–water partition coefficient (Wildman–Crippen LogP) is 1.61. The second kappa shape index (κ2) is 6.91. The molecule has 0 amide bonds. The summed E-state index contributed by atoms with van der Waals surface area (Å²) in [6, 6.07) is 5.99. The van der Waals surface area contributed by atoms with Gasteiger partial charge in [-0.25, -0.2) is 0 Å². The van der Waals surface area contributed by atoms with Crippen LogP contribution in [0.4, 0.5) is 0 Å². The zero-order chi connectivity index (χ0) is 12.7. The van der Waals surface area contributed by atoms with Crippen LogP contribution >= 0.6 is 0 Å². The second-order valence-corrected chi connectivity index (χ2v) is 4.00. The Bertz CT molecular complexity index is 348. The highest BCUT2D eigenvalue weighted by atomic mass is 16.5. The molecule has 1 unspecified atom stereocenters. The van der Waals surface area contributed by atoms with Gasteiger partial charge in [0, 0.05) is 0 Å². The van der Waals surface area contributed by atoms with Crippen molar-refractivity contribution in [1.29, 1.82) is 0 Å². The molecule has 0 aliphatic rings. The molecule has 1 atom stereocenters. The lowest BCUT2D eigenvalue weighted by Crippen LogP contribution is -2.34. The van der Waals surface area contributed by atoms with E-state index in [9.17, 15) is 4.79 Å². The first-order valence-electron chi connectivity index (χ1n) is 5.83. The fourth-order valence-corrected chi connectivity index (χ4v) is 1.39. The van der Waals surface area contributed by atoms with E-state index < -0.39 is 6.04 Å². The van der Waals surface area contributed by atoms with Gasteiger partial charge in [0.15, 0.2) is 0 Å². The first kappa shape index (κ1) is 13.5. The number of phenols is 1. The largest absolute Gasteiger partial charge is 0.508 e. The Morgan fingerprint density at radius 1 is 1.41 bits per heavy atom. The number of esters is 1. The number of rotatable bonds is 6. The average molecular weight is 237 g/mol. The molecule has 4 heteroatoms. The molecule has 0 radical (unpaired) electrons. The second-order valence-electron chi connectivity index (χ2n) is 4.00. The summed E-state index contributed by atoms with van der Waals surface area (Å²) in [5, 5.41) is 9.12. The lowest BCUT2D eigenvalue weighted by molar-refractivity contribution is -0.145. The number of phenolic OH excluding ortho intramolecular Hbond substituents is 1. The summed E-state index contributed by atoms with van der Waals surface area (Å²) in [6.45, 7) is 2.46. The molecule has 3 N–H and O–H groups in total.